The number of hydrogen-bond acceptors (Lipinski definition) is 0. The molecule has 2 atom stereocenters. The molecular weight excluding hydrogens is 703 g/mol. The summed E-state index contributed by atoms with van der Waals surface area (Å²) in [5.74, 6) is 5.39. The fourth-order valence-corrected chi connectivity index (χ4v) is 22.7. The van der Waals surface area contributed by atoms with E-state index >= 15 is 0 Å². The van der Waals surface area contributed by atoms with Crippen LogP contribution in [0.25, 0.3) is 11.1 Å². The zero-order valence-electron chi connectivity index (χ0n) is 29.3. The molecule has 0 aliphatic heterocycles. The van der Waals surface area contributed by atoms with E-state index in [4.69, 9.17) is 0 Å². The second-order valence-electron chi connectivity index (χ2n) is 16.9. The van der Waals surface area contributed by atoms with E-state index in [1.165, 1.54) is 128 Å². The summed E-state index contributed by atoms with van der Waals surface area (Å²) in [7, 11) is 0. The van der Waals surface area contributed by atoms with E-state index in [1.54, 1.807) is 22.3 Å². The molecular formula is C45H58Cl2Zr. The maximum absolute atomic E-state index is 3.02. The second kappa shape index (κ2) is 15.9. The van der Waals surface area contributed by atoms with Gasteiger partial charge in [-0.15, -0.1) is 0 Å². The van der Waals surface area contributed by atoms with Gasteiger partial charge in [0.1, 0.15) is 0 Å². The largest absolute Gasteiger partial charge is 1.00 e. The number of halogens is 2. The fraction of sp³-hybridized carbons (Fsp3) is 0.622. The van der Waals surface area contributed by atoms with Crippen LogP contribution in [0.1, 0.15) is 158 Å². The van der Waals surface area contributed by atoms with Gasteiger partial charge in [0.15, 0.2) is 0 Å². The third kappa shape index (κ3) is 6.56. The Hall–Kier alpha value is -0.747. The van der Waals surface area contributed by atoms with Crippen molar-refractivity contribution in [3.8, 4) is 0 Å². The molecule has 7 aliphatic carbocycles. The summed E-state index contributed by atoms with van der Waals surface area (Å²) in [5.41, 5.74) is 10.7. The zero-order valence-corrected chi connectivity index (χ0v) is 33.3. The van der Waals surface area contributed by atoms with Crippen LogP contribution in [-0.2, 0) is 21.3 Å². The molecule has 0 heterocycles. The summed E-state index contributed by atoms with van der Waals surface area (Å²) in [6.07, 6.45) is 35.5. The number of fused-ring (bicyclic) bond motifs is 2. The Morgan fingerprint density at radius 3 is 1.12 bits per heavy atom. The number of benzene rings is 2. The Bertz CT molecular complexity index is 1370. The number of hydrogen-bond donors (Lipinski definition) is 0. The van der Waals surface area contributed by atoms with Crippen molar-refractivity contribution in [1.29, 1.82) is 0 Å². The zero-order chi connectivity index (χ0) is 30.5. The molecule has 0 N–H and O–H groups in total. The quantitative estimate of drug-likeness (QED) is 0.284. The van der Waals surface area contributed by atoms with E-state index < -0.39 is 21.3 Å². The smallest absolute Gasteiger partial charge is 1.00 e. The summed E-state index contributed by atoms with van der Waals surface area (Å²) in [6.45, 7) is 0. The molecule has 0 aromatic heterocycles. The van der Waals surface area contributed by atoms with Crippen LogP contribution in [0.4, 0.5) is 0 Å². The van der Waals surface area contributed by atoms with E-state index in [1.807, 2.05) is 11.1 Å². The van der Waals surface area contributed by atoms with Crippen LogP contribution < -0.4 is 24.8 Å². The minimum atomic E-state index is -2.23. The molecule has 2 aromatic carbocycles. The van der Waals surface area contributed by atoms with Crippen molar-refractivity contribution in [3.05, 3.63) is 82.9 Å². The normalized spacial score (nSPS) is 26.1. The Morgan fingerprint density at radius 2 is 0.771 bits per heavy atom. The van der Waals surface area contributed by atoms with Crippen LogP contribution in [-0.4, -0.2) is 3.21 Å². The van der Waals surface area contributed by atoms with Gasteiger partial charge < -0.3 is 24.8 Å². The van der Waals surface area contributed by atoms with Crippen LogP contribution in [0.2, 0.25) is 0 Å². The number of rotatable bonds is 8. The van der Waals surface area contributed by atoms with Crippen molar-refractivity contribution in [2.24, 2.45) is 35.5 Å². The van der Waals surface area contributed by atoms with Crippen LogP contribution in [0.5, 0.6) is 0 Å². The van der Waals surface area contributed by atoms with Crippen molar-refractivity contribution in [2.75, 3.05) is 0 Å². The van der Waals surface area contributed by atoms with Gasteiger partial charge in [0.2, 0.25) is 0 Å². The van der Waals surface area contributed by atoms with Gasteiger partial charge >= 0.3 is 290 Å². The van der Waals surface area contributed by atoms with Gasteiger partial charge in [0.25, 0.3) is 0 Å². The van der Waals surface area contributed by atoms with Gasteiger partial charge in [0, 0.05) is 0 Å². The van der Waals surface area contributed by atoms with Crippen LogP contribution in [0.3, 0.4) is 0 Å². The first kappa shape index (κ1) is 35.6. The second-order valence-corrected chi connectivity index (χ2v) is 23.9. The summed E-state index contributed by atoms with van der Waals surface area (Å²) >= 11 is -2.23. The van der Waals surface area contributed by atoms with Crippen molar-refractivity contribution in [1.82, 2.24) is 0 Å². The van der Waals surface area contributed by atoms with Crippen molar-refractivity contribution < 1.29 is 46.1 Å². The summed E-state index contributed by atoms with van der Waals surface area (Å²) in [5, 5.41) is 0. The standard InChI is InChI=1S/2C20H25.C5H8.2ClH.Zr/c2*1-2-9-16(8-1)20(17-10-3-4-11-17)19-14-13-15-7-5-6-12-18(15)19;1-2-4-5-3-1;;;/h2*5-7,12-14,16-17,20H,1-4,8-11H2;1-4H2;2*1H;/q;;;;;+2/p-2. The Balaban J connectivity index is 0.00000182. The SMILES string of the molecule is C1=C(C(C2CCCC2)C2CCCC2)c2ccccc2[CH]1[Zr+2](=[C]1CCCC1)[CH]1C=C(C(C2CCCC2)C2CCCC2)c2ccccc21.[Cl-].[Cl-]. The fourth-order valence-electron chi connectivity index (χ4n) is 12.7. The maximum atomic E-state index is 3.02. The Labute approximate surface area is 312 Å². The van der Waals surface area contributed by atoms with Gasteiger partial charge in [-0.05, 0) is 0 Å². The summed E-state index contributed by atoms with van der Waals surface area (Å²) < 4.78 is 3.57. The van der Waals surface area contributed by atoms with E-state index in [0.717, 1.165) is 42.8 Å². The van der Waals surface area contributed by atoms with Gasteiger partial charge in [-0.3, -0.25) is 0 Å². The monoisotopic (exact) mass is 758 g/mol. The Morgan fingerprint density at radius 1 is 0.438 bits per heavy atom. The average molecular weight is 761 g/mol. The average Bonchev–Trinajstić information content (AvgIpc) is 3.94. The molecule has 9 rings (SSSR count). The molecule has 0 bridgehead atoms. The van der Waals surface area contributed by atoms with Gasteiger partial charge in [-0.1, -0.05) is 0 Å². The van der Waals surface area contributed by atoms with Crippen LogP contribution >= 0.6 is 0 Å². The van der Waals surface area contributed by atoms with Gasteiger partial charge in [-0.2, -0.15) is 0 Å². The van der Waals surface area contributed by atoms with Crippen molar-refractivity contribution in [3.63, 3.8) is 0 Å². The summed E-state index contributed by atoms with van der Waals surface area (Å²) in [6, 6.07) is 20.0. The minimum absolute atomic E-state index is 0. The first-order valence-corrected chi connectivity index (χ1v) is 24.3. The molecule has 7 aliphatic rings. The van der Waals surface area contributed by atoms with Crippen molar-refractivity contribution >= 4 is 14.4 Å². The van der Waals surface area contributed by atoms with Gasteiger partial charge in [0.05, 0.1) is 0 Å². The van der Waals surface area contributed by atoms with E-state index in [0.29, 0.717) is 0 Å². The van der Waals surface area contributed by atoms with E-state index in [2.05, 4.69) is 63.9 Å². The van der Waals surface area contributed by atoms with Crippen LogP contribution in [0.15, 0.2) is 60.7 Å². The molecule has 2 aromatic rings. The molecule has 0 saturated heterocycles. The van der Waals surface area contributed by atoms with Crippen LogP contribution in [0, 0.1) is 35.5 Å². The maximum Gasteiger partial charge on any atom is -1.00 e. The van der Waals surface area contributed by atoms with Gasteiger partial charge in [-0.25, -0.2) is 0 Å². The molecule has 0 radical (unpaired) electrons. The Kier molecular flexibility index (Phi) is 11.8. The minimum Gasteiger partial charge on any atom is -1.00 e. The van der Waals surface area contributed by atoms with E-state index in [-0.39, 0.29) is 24.8 Å². The third-order valence-corrected chi connectivity index (χ3v) is 23.4. The summed E-state index contributed by atoms with van der Waals surface area (Å²) in [4.78, 5) is 0. The predicted molar refractivity (Wildman–Crippen MR) is 193 cm³/mol. The molecule has 48 heavy (non-hydrogen) atoms. The van der Waals surface area contributed by atoms with Crippen molar-refractivity contribution in [2.45, 2.75) is 136 Å². The molecule has 0 spiro atoms. The molecule has 0 nitrogen and oxygen atoms in total. The first-order chi connectivity index (χ1) is 22.8. The predicted octanol–water partition coefficient (Wildman–Crippen LogP) is 6.63. The molecule has 2 unspecified atom stereocenters. The topological polar surface area (TPSA) is 0 Å². The molecule has 256 valence electrons. The molecule has 3 heteroatoms. The third-order valence-electron chi connectivity index (χ3n) is 14.5. The molecule has 0 amide bonds. The molecule has 5 saturated carbocycles. The first-order valence-electron chi connectivity index (χ1n) is 20.2. The van der Waals surface area contributed by atoms with E-state index in [9.17, 15) is 0 Å². The molecule has 5 fully saturated rings. The number of allylic oxidation sites excluding steroid dienone is 4.